The molecule has 176 valence electrons. The molecule has 0 amide bonds. The van der Waals surface area contributed by atoms with E-state index >= 15 is 0 Å². The van der Waals surface area contributed by atoms with Crippen molar-refractivity contribution in [2.45, 2.75) is 32.0 Å². The SMILES string of the molecule is CN=C(NCc1cccc(OCCN(C)C2CCOCC2)c1)NCc1ccccc1F.I. The number of hydrogen-bond acceptors (Lipinski definition) is 4. The van der Waals surface area contributed by atoms with E-state index < -0.39 is 0 Å². The van der Waals surface area contributed by atoms with Gasteiger partial charge in [-0.15, -0.1) is 24.0 Å². The number of ether oxygens (including phenoxy) is 2. The molecule has 6 nitrogen and oxygen atoms in total. The highest BCUT2D eigenvalue weighted by Gasteiger charge is 2.17. The molecule has 1 heterocycles. The lowest BCUT2D eigenvalue weighted by molar-refractivity contribution is 0.0392. The van der Waals surface area contributed by atoms with Gasteiger partial charge in [0.1, 0.15) is 18.2 Å². The highest BCUT2D eigenvalue weighted by molar-refractivity contribution is 14.0. The summed E-state index contributed by atoms with van der Waals surface area (Å²) in [5.41, 5.74) is 1.69. The number of likely N-dealkylation sites (N-methyl/N-ethyl adjacent to an activating group) is 1. The lowest BCUT2D eigenvalue weighted by atomic mass is 10.1. The van der Waals surface area contributed by atoms with E-state index in [0.29, 0.717) is 37.3 Å². The monoisotopic (exact) mass is 556 g/mol. The van der Waals surface area contributed by atoms with Gasteiger partial charge in [-0.1, -0.05) is 30.3 Å². The highest BCUT2D eigenvalue weighted by atomic mass is 127. The first kappa shape index (κ1) is 26.3. The molecular formula is C24H34FIN4O2. The summed E-state index contributed by atoms with van der Waals surface area (Å²) in [6.07, 6.45) is 2.17. The van der Waals surface area contributed by atoms with Gasteiger partial charge in [-0.2, -0.15) is 0 Å². The van der Waals surface area contributed by atoms with Crippen LogP contribution in [0, 0.1) is 5.82 Å². The predicted octanol–water partition coefficient (Wildman–Crippen LogP) is 3.80. The summed E-state index contributed by atoms with van der Waals surface area (Å²) in [5.74, 6) is 1.25. The summed E-state index contributed by atoms with van der Waals surface area (Å²) in [5, 5.41) is 6.40. The lowest BCUT2D eigenvalue weighted by Crippen LogP contribution is -2.38. The maximum absolute atomic E-state index is 13.8. The summed E-state index contributed by atoms with van der Waals surface area (Å²) in [7, 11) is 3.85. The molecule has 0 atom stereocenters. The molecule has 0 saturated carbocycles. The van der Waals surface area contributed by atoms with Gasteiger partial charge < -0.3 is 20.1 Å². The van der Waals surface area contributed by atoms with Crippen LogP contribution in [-0.2, 0) is 17.8 Å². The average Bonchev–Trinajstić information content (AvgIpc) is 2.81. The van der Waals surface area contributed by atoms with Crippen LogP contribution in [0.3, 0.4) is 0 Å². The molecule has 1 aliphatic heterocycles. The van der Waals surface area contributed by atoms with Crippen LogP contribution in [0.1, 0.15) is 24.0 Å². The van der Waals surface area contributed by atoms with Gasteiger partial charge in [0.2, 0.25) is 0 Å². The fourth-order valence-corrected chi connectivity index (χ4v) is 3.59. The van der Waals surface area contributed by atoms with Crippen LogP contribution in [-0.4, -0.2) is 57.4 Å². The third-order valence-electron chi connectivity index (χ3n) is 5.51. The van der Waals surface area contributed by atoms with Crippen molar-refractivity contribution in [1.82, 2.24) is 15.5 Å². The van der Waals surface area contributed by atoms with Crippen LogP contribution in [0.25, 0.3) is 0 Å². The standard InChI is InChI=1S/C24H33FN4O2.HI/c1-26-24(28-18-20-7-3-4-9-23(20)25)27-17-19-6-5-8-22(16-19)31-15-12-29(2)21-10-13-30-14-11-21;/h3-9,16,21H,10-15,17-18H2,1-2H3,(H2,26,27,28);1H. The van der Waals surface area contributed by atoms with Crippen LogP contribution >= 0.6 is 24.0 Å². The summed E-state index contributed by atoms with van der Waals surface area (Å²) < 4.78 is 25.2. The van der Waals surface area contributed by atoms with E-state index in [2.05, 4.69) is 27.6 Å². The second kappa shape index (κ2) is 14.3. The van der Waals surface area contributed by atoms with Crippen molar-refractivity contribution in [3.63, 3.8) is 0 Å². The molecule has 0 unspecified atom stereocenters. The van der Waals surface area contributed by atoms with Gasteiger partial charge in [0.25, 0.3) is 0 Å². The van der Waals surface area contributed by atoms with E-state index in [-0.39, 0.29) is 29.8 Å². The third-order valence-corrected chi connectivity index (χ3v) is 5.51. The van der Waals surface area contributed by atoms with Crippen molar-refractivity contribution in [2.24, 2.45) is 4.99 Å². The number of aliphatic imine (C=N–C) groups is 1. The van der Waals surface area contributed by atoms with E-state index in [9.17, 15) is 4.39 Å². The maximum Gasteiger partial charge on any atom is 0.191 e. The Kier molecular flexibility index (Phi) is 11.8. The molecule has 1 aliphatic rings. The van der Waals surface area contributed by atoms with Crippen molar-refractivity contribution < 1.29 is 13.9 Å². The van der Waals surface area contributed by atoms with Gasteiger partial charge in [0, 0.05) is 51.5 Å². The van der Waals surface area contributed by atoms with E-state index in [1.54, 1.807) is 19.2 Å². The van der Waals surface area contributed by atoms with E-state index in [1.807, 2.05) is 30.3 Å². The third kappa shape index (κ3) is 8.55. The van der Waals surface area contributed by atoms with Gasteiger partial charge in [-0.3, -0.25) is 9.89 Å². The Hall–Kier alpha value is -1.91. The lowest BCUT2D eigenvalue weighted by Gasteiger charge is -2.31. The Morgan fingerprint density at radius 2 is 1.88 bits per heavy atom. The topological polar surface area (TPSA) is 58.1 Å². The van der Waals surface area contributed by atoms with Crippen molar-refractivity contribution in [1.29, 1.82) is 0 Å². The summed E-state index contributed by atoms with van der Waals surface area (Å²) in [4.78, 5) is 6.57. The number of nitrogens with one attached hydrogen (secondary N) is 2. The molecule has 0 aliphatic carbocycles. The second-order valence-electron chi connectivity index (χ2n) is 7.69. The Morgan fingerprint density at radius 3 is 2.62 bits per heavy atom. The van der Waals surface area contributed by atoms with Crippen molar-refractivity contribution in [3.05, 3.63) is 65.5 Å². The summed E-state index contributed by atoms with van der Waals surface area (Å²) >= 11 is 0. The number of nitrogens with zero attached hydrogens (tertiary/aromatic N) is 2. The quantitative estimate of drug-likeness (QED) is 0.280. The normalized spacial score (nSPS) is 14.7. The number of benzene rings is 2. The summed E-state index contributed by atoms with van der Waals surface area (Å²) in [6, 6.07) is 15.3. The minimum atomic E-state index is -0.224. The Labute approximate surface area is 207 Å². The second-order valence-corrected chi connectivity index (χ2v) is 7.69. The fourth-order valence-electron chi connectivity index (χ4n) is 3.59. The molecule has 2 aromatic carbocycles. The van der Waals surface area contributed by atoms with Crippen molar-refractivity contribution in [2.75, 3.05) is 40.5 Å². The number of guanidine groups is 1. The zero-order valence-corrected chi connectivity index (χ0v) is 21.2. The largest absolute Gasteiger partial charge is 0.492 e. The minimum Gasteiger partial charge on any atom is -0.492 e. The van der Waals surface area contributed by atoms with E-state index in [4.69, 9.17) is 9.47 Å². The molecule has 0 spiro atoms. The fraction of sp³-hybridized carbons (Fsp3) is 0.458. The molecule has 2 N–H and O–H groups in total. The molecule has 2 aromatic rings. The van der Waals surface area contributed by atoms with Gasteiger partial charge in [0.15, 0.2) is 5.96 Å². The Balaban J connectivity index is 0.00000363. The van der Waals surface area contributed by atoms with Crippen LogP contribution in [0.15, 0.2) is 53.5 Å². The first-order valence-electron chi connectivity index (χ1n) is 10.8. The Morgan fingerprint density at radius 1 is 1.12 bits per heavy atom. The van der Waals surface area contributed by atoms with E-state index in [1.165, 1.54) is 6.07 Å². The molecule has 32 heavy (non-hydrogen) atoms. The molecule has 0 aromatic heterocycles. The van der Waals surface area contributed by atoms with Crippen LogP contribution in [0.5, 0.6) is 5.75 Å². The minimum absolute atomic E-state index is 0. The number of halogens is 2. The van der Waals surface area contributed by atoms with Crippen LogP contribution < -0.4 is 15.4 Å². The first-order chi connectivity index (χ1) is 15.2. The van der Waals surface area contributed by atoms with Gasteiger partial charge >= 0.3 is 0 Å². The number of hydrogen-bond donors (Lipinski definition) is 2. The maximum atomic E-state index is 13.8. The Bertz CT molecular complexity index is 846. The van der Waals surface area contributed by atoms with Gasteiger partial charge in [-0.25, -0.2) is 4.39 Å². The van der Waals surface area contributed by atoms with Crippen LogP contribution in [0.4, 0.5) is 4.39 Å². The van der Waals surface area contributed by atoms with Crippen molar-refractivity contribution >= 4 is 29.9 Å². The van der Waals surface area contributed by atoms with Gasteiger partial charge in [0.05, 0.1) is 0 Å². The molecular weight excluding hydrogens is 522 g/mol. The molecule has 1 saturated heterocycles. The smallest absolute Gasteiger partial charge is 0.191 e. The zero-order valence-electron chi connectivity index (χ0n) is 18.9. The van der Waals surface area contributed by atoms with E-state index in [0.717, 1.165) is 43.9 Å². The highest BCUT2D eigenvalue weighted by Crippen LogP contribution is 2.15. The zero-order chi connectivity index (χ0) is 21.9. The number of rotatable bonds is 9. The summed E-state index contributed by atoms with van der Waals surface area (Å²) in [6.45, 7) is 4.20. The average molecular weight is 556 g/mol. The molecule has 1 fully saturated rings. The molecule has 3 rings (SSSR count). The molecule has 0 radical (unpaired) electrons. The molecule has 8 heteroatoms. The van der Waals surface area contributed by atoms with Crippen LogP contribution in [0.2, 0.25) is 0 Å². The first-order valence-corrected chi connectivity index (χ1v) is 10.8. The van der Waals surface area contributed by atoms with Crippen molar-refractivity contribution in [3.8, 4) is 5.75 Å². The predicted molar refractivity (Wildman–Crippen MR) is 137 cm³/mol. The van der Waals surface area contributed by atoms with Gasteiger partial charge in [-0.05, 0) is 43.7 Å². The molecule has 0 bridgehead atoms.